The number of sulfone groups is 1. The van der Waals surface area contributed by atoms with Crippen molar-refractivity contribution in [3.8, 4) is 5.75 Å². The first kappa shape index (κ1) is 16.1. The van der Waals surface area contributed by atoms with Crippen molar-refractivity contribution < 1.29 is 21.6 Å². The van der Waals surface area contributed by atoms with Crippen LogP contribution in [-0.2, 0) is 19.9 Å². The van der Waals surface area contributed by atoms with Gasteiger partial charge in [0.1, 0.15) is 10.6 Å². The number of hydrogen-bond acceptors (Lipinski definition) is 6. The lowest BCUT2D eigenvalue weighted by Crippen LogP contribution is -2.38. The lowest BCUT2D eigenvalue weighted by molar-refractivity contribution is 0.393. The van der Waals surface area contributed by atoms with E-state index in [1.165, 1.54) is 32.4 Å². The molecule has 1 aliphatic rings. The molecule has 1 heterocycles. The molecule has 0 aliphatic carbocycles. The third-order valence-electron chi connectivity index (χ3n) is 3.60. The van der Waals surface area contributed by atoms with Gasteiger partial charge >= 0.3 is 0 Å². The molecule has 1 aliphatic heterocycles. The number of benzene rings is 1. The zero-order valence-corrected chi connectivity index (χ0v) is 13.4. The third kappa shape index (κ3) is 3.14. The standard InChI is InChI=1S/C12H18N2O5S2/c1-14(9-5-6-20(15,16)8-9)21(17,18)12-4-3-10(19-2)7-11(12)13/h3-4,7,9H,5-6,8,13H2,1-2H3. The Labute approximate surface area is 124 Å². The van der Waals surface area contributed by atoms with Crippen molar-refractivity contribution in [1.29, 1.82) is 0 Å². The molecule has 2 N–H and O–H groups in total. The molecular formula is C12H18N2O5S2. The molecule has 1 aromatic carbocycles. The maximum absolute atomic E-state index is 12.6. The molecule has 1 atom stereocenters. The van der Waals surface area contributed by atoms with E-state index in [-0.39, 0.29) is 22.1 Å². The van der Waals surface area contributed by atoms with Gasteiger partial charge in [0.2, 0.25) is 10.0 Å². The normalized spacial score (nSPS) is 21.6. The van der Waals surface area contributed by atoms with E-state index >= 15 is 0 Å². The molecule has 21 heavy (non-hydrogen) atoms. The lowest BCUT2D eigenvalue weighted by Gasteiger charge is -2.23. The fraction of sp³-hybridized carbons (Fsp3) is 0.500. The largest absolute Gasteiger partial charge is 0.497 e. The molecule has 0 saturated carbocycles. The molecule has 118 valence electrons. The number of methoxy groups -OCH3 is 1. The Morgan fingerprint density at radius 3 is 2.52 bits per heavy atom. The fourth-order valence-corrected chi connectivity index (χ4v) is 5.65. The molecule has 7 nitrogen and oxygen atoms in total. The number of nitrogens with zero attached hydrogens (tertiary/aromatic N) is 1. The zero-order chi connectivity index (χ0) is 15.8. The molecule has 1 unspecified atom stereocenters. The summed E-state index contributed by atoms with van der Waals surface area (Å²) in [6, 6.07) is 3.74. The molecule has 1 aromatic rings. The van der Waals surface area contributed by atoms with Crippen LogP contribution in [0.3, 0.4) is 0 Å². The van der Waals surface area contributed by atoms with Crippen LogP contribution in [0.25, 0.3) is 0 Å². The van der Waals surface area contributed by atoms with Gasteiger partial charge in [-0.05, 0) is 18.6 Å². The first-order valence-corrected chi connectivity index (χ1v) is 9.55. The van der Waals surface area contributed by atoms with Gasteiger partial charge in [-0.25, -0.2) is 16.8 Å². The van der Waals surface area contributed by atoms with E-state index in [1.54, 1.807) is 0 Å². The molecule has 0 radical (unpaired) electrons. The van der Waals surface area contributed by atoms with E-state index < -0.39 is 25.9 Å². The van der Waals surface area contributed by atoms with Gasteiger partial charge in [0.15, 0.2) is 9.84 Å². The third-order valence-corrected chi connectivity index (χ3v) is 7.33. The van der Waals surface area contributed by atoms with Crippen molar-refractivity contribution in [1.82, 2.24) is 4.31 Å². The Bertz CT molecular complexity index is 743. The summed E-state index contributed by atoms with van der Waals surface area (Å²) < 4.78 is 54.2. The Morgan fingerprint density at radius 1 is 1.38 bits per heavy atom. The smallest absolute Gasteiger partial charge is 0.245 e. The fourth-order valence-electron chi connectivity index (χ4n) is 2.30. The van der Waals surface area contributed by atoms with Crippen molar-refractivity contribution in [3.05, 3.63) is 18.2 Å². The maximum atomic E-state index is 12.6. The number of hydrogen-bond donors (Lipinski definition) is 1. The average Bonchev–Trinajstić information content (AvgIpc) is 2.77. The van der Waals surface area contributed by atoms with Gasteiger partial charge in [-0.3, -0.25) is 0 Å². The van der Waals surface area contributed by atoms with E-state index in [9.17, 15) is 16.8 Å². The van der Waals surface area contributed by atoms with Gasteiger partial charge in [-0.1, -0.05) is 0 Å². The number of rotatable bonds is 4. The highest BCUT2D eigenvalue weighted by molar-refractivity contribution is 7.92. The predicted molar refractivity (Wildman–Crippen MR) is 79.4 cm³/mol. The Balaban J connectivity index is 2.34. The highest BCUT2D eigenvalue weighted by atomic mass is 32.2. The molecule has 9 heteroatoms. The van der Waals surface area contributed by atoms with Crippen LogP contribution in [-0.4, -0.2) is 52.8 Å². The zero-order valence-electron chi connectivity index (χ0n) is 11.8. The van der Waals surface area contributed by atoms with Gasteiger partial charge in [-0.15, -0.1) is 0 Å². The van der Waals surface area contributed by atoms with Crippen molar-refractivity contribution in [2.24, 2.45) is 0 Å². The van der Waals surface area contributed by atoms with E-state index in [4.69, 9.17) is 10.5 Å². The summed E-state index contributed by atoms with van der Waals surface area (Å²) in [7, 11) is -4.16. The molecule has 0 aromatic heterocycles. The van der Waals surface area contributed by atoms with Crippen LogP contribution in [0.5, 0.6) is 5.75 Å². The summed E-state index contributed by atoms with van der Waals surface area (Å²) in [5.41, 5.74) is 5.84. The summed E-state index contributed by atoms with van der Waals surface area (Å²) >= 11 is 0. The second-order valence-electron chi connectivity index (χ2n) is 4.98. The van der Waals surface area contributed by atoms with Gasteiger partial charge in [0, 0.05) is 19.2 Å². The lowest BCUT2D eigenvalue weighted by atomic mass is 10.3. The monoisotopic (exact) mass is 334 g/mol. The van der Waals surface area contributed by atoms with Gasteiger partial charge in [0.25, 0.3) is 0 Å². The molecule has 0 amide bonds. The van der Waals surface area contributed by atoms with Crippen LogP contribution in [0.15, 0.2) is 23.1 Å². The second-order valence-corrected chi connectivity index (χ2v) is 9.18. The SMILES string of the molecule is COc1ccc(S(=O)(=O)N(C)C2CCS(=O)(=O)C2)c(N)c1. The van der Waals surface area contributed by atoms with Crippen LogP contribution in [0.4, 0.5) is 5.69 Å². The van der Waals surface area contributed by atoms with E-state index in [2.05, 4.69) is 0 Å². The molecule has 0 spiro atoms. The minimum atomic E-state index is -3.84. The summed E-state index contributed by atoms with van der Waals surface area (Å²) in [4.78, 5) is -0.0462. The first-order chi connectivity index (χ1) is 9.67. The number of nitrogen functional groups attached to an aromatic ring is 1. The number of sulfonamides is 1. The predicted octanol–water partition coefficient (Wildman–Crippen LogP) is 0.0850. The highest BCUT2D eigenvalue weighted by Crippen LogP contribution is 2.29. The average molecular weight is 334 g/mol. The molecule has 1 saturated heterocycles. The quantitative estimate of drug-likeness (QED) is 0.782. The summed E-state index contributed by atoms with van der Waals surface area (Å²) in [5, 5.41) is 0. The van der Waals surface area contributed by atoms with Crippen LogP contribution >= 0.6 is 0 Å². The second kappa shape index (κ2) is 5.47. The van der Waals surface area contributed by atoms with Crippen molar-refractivity contribution in [2.45, 2.75) is 17.4 Å². The van der Waals surface area contributed by atoms with Crippen molar-refractivity contribution in [2.75, 3.05) is 31.4 Å². The molecule has 1 fully saturated rings. The van der Waals surface area contributed by atoms with Gasteiger partial charge < -0.3 is 10.5 Å². The molecule has 0 bridgehead atoms. The van der Waals surface area contributed by atoms with Crippen molar-refractivity contribution >= 4 is 25.5 Å². The summed E-state index contributed by atoms with van der Waals surface area (Å²) in [5.74, 6) is 0.312. The summed E-state index contributed by atoms with van der Waals surface area (Å²) in [6.07, 6.45) is 0.300. The van der Waals surface area contributed by atoms with E-state index in [0.29, 0.717) is 12.2 Å². The van der Waals surface area contributed by atoms with Gasteiger partial charge in [-0.2, -0.15) is 4.31 Å². The number of ether oxygens (including phenoxy) is 1. The highest BCUT2D eigenvalue weighted by Gasteiger charge is 2.37. The van der Waals surface area contributed by atoms with Crippen LogP contribution in [0, 0.1) is 0 Å². The Morgan fingerprint density at radius 2 is 2.05 bits per heavy atom. The van der Waals surface area contributed by atoms with E-state index in [1.807, 2.05) is 0 Å². The topological polar surface area (TPSA) is 107 Å². The minimum Gasteiger partial charge on any atom is -0.497 e. The van der Waals surface area contributed by atoms with Crippen LogP contribution < -0.4 is 10.5 Å². The molecular weight excluding hydrogens is 316 g/mol. The van der Waals surface area contributed by atoms with Crippen molar-refractivity contribution in [3.63, 3.8) is 0 Å². The summed E-state index contributed by atoms with van der Waals surface area (Å²) in [6.45, 7) is 0. The Hall–Kier alpha value is -1.32. The maximum Gasteiger partial charge on any atom is 0.245 e. The first-order valence-electron chi connectivity index (χ1n) is 6.29. The number of anilines is 1. The van der Waals surface area contributed by atoms with E-state index in [0.717, 1.165) is 4.31 Å². The Kier molecular flexibility index (Phi) is 4.18. The van der Waals surface area contributed by atoms with Gasteiger partial charge in [0.05, 0.1) is 24.3 Å². The minimum absolute atomic E-state index is 0.00954. The van der Waals surface area contributed by atoms with Crippen LogP contribution in [0.1, 0.15) is 6.42 Å². The van der Waals surface area contributed by atoms with Crippen LogP contribution in [0.2, 0.25) is 0 Å². The molecule has 2 rings (SSSR count). The number of nitrogens with two attached hydrogens (primary N) is 1.